The molecule has 41 heavy (non-hydrogen) atoms. The Morgan fingerprint density at radius 2 is 1.80 bits per heavy atom. The first-order valence-electron chi connectivity index (χ1n) is 14.2. The summed E-state index contributed by atoms with van der Waals surface area (Å²) in [7, 11) is 0. The van der Waals surface area contributed by atoms with E-state index in [1.807, 2.05) is 12.1 Å². The molecule has 3 heterocycles. The van der Waals surface area contributed by atoms with Crippen LogP contribution in [0.4, 0.5) is 18.9 Å². The number of halogens is 3. The Kier molecular flexibility index (Phi) is 6.10. The minimum Gasteiger partial charge on any atom is -0.477 e. The molecule has 2 saturated carbocycles. The number of carbonyl (C=O) groups is 1. The highest BCUT2D eigenvalue weighted by atomic mass is 19.4. The fraction of sp³-hybridized carbons (Fsp3) is 0.406. The van der Waals surface area contributed by atoms with Crippen LogP contribution in [0.2, 0.25) is 0 Å². The van der Waals surface area contributed by atoms with Crippen LogP contribution in [0.1, 0.15) is 71.8 Å². The second kappa shape index (κ2) is 9.60. The van der Waals surface area contributed by atoms with Gasteiger partial charge in [-0.15, -0.1) is 0 Å². The van der Waals surface area contributed by atoms with E-state index in [-0.39, 0.29) is 22.6 Å². The van der Waals surface area contributed by atoms with E-state index in [2.05, 4.69) is 21.1 Å². The second-order valence-electron chi connectivity index (χ2n) is 12.1. The summed E-state index contributed by atoms with van der Waals surface area (Å²) >= 11 is 0. The van der Waals surface area contributed by atoms with Gasteiger partial charge in [0.05, 0.1) is 5.56 Å². The van der Waals surface area contributed by atoms with Gasteiger partial charge in [-0.05, 0) is 85.9 Å². The number of hydrogen-bond acceptors (Lipinski definition) is 5. The number of anilines is 1. The first-order chi connectivity index (χ1) is 19.7. The van der Waals surface area contributed by atoms with Gasteiger partial charge in [-0.25, -0.2) is 9.78 Å². The lowest BCUT2D eigenvalue weighted by molar-refractivity contribution is -0.137. The molecular formula is C32H30F3N3O3. The Hall–Kier alpha value is -3.88. The normalized spacial score (nSPS) is 19.0. The molecule has 0 radical (unpaired) electrons. The number of fused-ring (bicyclic) bond motifs is 1. The maximum Gasteiger partial charge on any atom is 0.417 e. The van der Waals surface area contributed by atoms with Crippen molar-refractivity contribution >= 4 is 22.4 Å². The van der Waals surface area contributed by atoms with Gasteiger partial charge in [0, 0.05) is 47.4 Å². The summed E-state index contributed by atoms with van der Waals surface area (Å²) in [5.74, 6) is 0.431. The lowest BCUT2D eigenvalue weighted by Gasteiger charge is -2.53. The lowest BCUT2D eigenvalue weighted by atomic mass is 9.56. The number of alkyl halides is 3. The molecule has 0 atom stereocenters. The number of piperidine rings is 1. The molecule has 1 saturated heterocycles. The molecule has 1 spiro atoms. The molecule has 212 valence electrons. The molecule has 7 rings (SSSR count). The summed E-state index contributed by atoms with van der Waals surface area (Å²) in [6.07, 6.45) is 4.14. The topological polar surface area (TPSA) is 79.5 Å². The maximum atomic E-state index is 13.8. The van der Waals surface area contributed by atoms with Crippen LogP contribution in [-0.2, 0) is 12.6 Å². The van der Waals surface area contributed by atoms with E-state index in [1.165, 1.54) is 12.1 Å². The van der Waals surface area contributed by atoms with Crippen molar-refractivity contribution in [2.75, 3.05) is 18.0 Å². The molecule has 1 aliphatic heterocycles. The molecule has 1 N–H and O–H groups in total. The van der Waals surface area contributed by atoms with Gasteiger partial charge in [0.15, 0.2) is 0 Å². The molecule has 6 nitrogen and oxygen atoms in total. The van der Waals surface area contributed by atoms with E-state index in [0.29, 0.717) is 18.0 Å². The molecule has 2 aromatic heterocycles. The van der Waals surface area contributed by atoms with Crippen molar-refractivity contribution in [1.82, 2.24) is 10.1 Å². The Labute approximate surface area is 235 Å². The summed E-state index contributed by atoms with van der Waals surface area (Å²) in [5, 5.41) is 15.2. The fourth-order valence-electron chi connectivity index (χ4n) is 7.02. The van der Waals surface area contributed by atoms with Crippen LogP contribution in [-0.4, -0.2) is 34.3 Å². The predicted octanol–water partition coefficient (Wildman–Crippen LogP) is 7.72. The average Bonchev–Trinajstić information content (AvgIpc) is 3.71. The fourth-order valence-corrected chi connectivity index (χ4v) is 7.02. The maximum absolute atomic E-state index is 13.8. The molecule has 2 aliphatic carbocycles. The van der Waals surface area contributed by atoms with Crippen LogP contribution in [0.5, 0.6) is 0 Å². The summed E-state index contributed by atoms with van der Waals surface area (Å²) in [6, 6.07) is 13.3. The lowest BCUT2D eigenvalue weighted by Crippen LogP contribution is -2.47. The minimum atomic E-state index is -4.45. The second-order valence-corrected chi connectivity index (χ2v) is 12.1. The molecule has 2 aromatic carbocycles. The number of nitrogens with zero attached hydrogens (tertiary/aromatic N) is 3. The Morgan fingerprint density at radius 1 is 1.05 bits per heavy atom. The van der Waals surface area contributed by atoms with Crippen LogP contribution in [0.15, 0.2) is 59.3 Å². The summed E-state index contributed by atoms with van der Waals surface area (Å²) < 4.78 is 47.1. The van der Waals surface area contributed by atoms with Gasteiger partial charge < -0.3 is 14.5 Å². The highest BCUT2D eigenvalue weighted by molar-refractivity contribution is 5.93. The number of aromatic carboxylic acids is 1. The van der Waals surface area contributed by atoms with Crippen LogP contribution in [0.25, 0.3) is 22.0 Å². The van der Waals surface area contributed by atoms with Crippen LogP contribution in [0.3, 0.4) is 0 Å². The molecular weight excluding hydrogens is 531 g/mol. The van der Waals surface area contributed by atoms with Crippen LogP contribution >= 0.6 is 0 Å². The zero-order valence-electron chi connectivity index (χ0n) is 22.5. The highest BCUT2D eigenvalue weighted by Gasteiger charge is 2.47. The number of aromatic nitrogens is 2. The van der Waals surface area contributed by atoms with Gasteiger partial charge >= 0.3 is 12.1 Å². The van der Waals surface area contributed by atoms with Crippen LogP contribution in [0, 0.1) is 11.3 Å². The Morgan fingerprint density at radius 3 is 2.51 bits per heavy atom. The first-order valence-corrected chi connectivity index (χ1v) is 14.2. The molecule has 4 aromatic rings. The third kappa shape index (κ3) is 4.85. The number of pyridine rings is 1. The van der Waals surface area contributed by atoms with Crippen molar-refractivity contribution in [1.29, 1.82) is 0 Å². The monoisotopic (exact) mass is 561 g/mol. The van der Waals surface area contributed by atoms with E-state index in [9.17, 15) is 23.1 Å². The predicted molar refractivity (Wildman–Crippen MR) is 148 cm³/mol. The first kappa shape index (κ1) is 26.0. The number of benzene rings is 2. The van der Waals surface area contributed by atoms with E-state index >= 15 is 0 Å². The van der Waals surface area contributed by atoms with Crippen molar-refractivity contribution in [3.8, 4) is 11.3 Å². The minimum absolute atomic E-state index is 0.0387. The van der Waals surface area contributed by atoms with Gasteiger partial charge in [0.25, 0.3) is 0 Å². The van der Waals surface area contributed by atoms with Crippen LogP contribution < -0.4 is 4.90 Å². The third-order valence-corrected chi connectivity index (χ3v) is 9.30. The standard InChI is InChI=1S/C32H30F3N3O3/c33-32(34,35)26-4-2-1-3-24(26)28-25(29(41-37-28)20-5-6-20)13-19-16-31(17-19)9-11-38(12-10-31)23-8-7-21-15-27(30(39)40)36-18-22(21)14-23/h1-4,7-8,14-15,18-20H,5-6,9-13,16-17H2,(H,39,40). The van der Waals surface area contributed by atoms with Gasteiger partial charge in [0.2, 0.25) is 0 Å². The summed E-state index contributed by atoms with van der Waals surface area (Å²) in [4.78, 5) is 17.7. The molecule has 0 bridgehead atoms. The van der Waals surface area contributed by atoms with Gasteiger partial charge in [-0.3, -0.25) is 0 Å². The molecule has 0 unspecified atom stereocenters. The molecule has 3 aliphatic rings. The van der Waals surface area contributed by atoms with Crippen molar-refractivity contribution in [3.05, 3.63) is 77.3 Å². The Balaban J connectivity index is 1.04. The third-order valence-electron chi connectivity index (χ3n) is 9.30. The molecule has 9 heteroatoms. The highest BCUT2D eigenvalue weighted by Crippen LogP contribution is 2.55. The van der Waals surface area contributed by atoms with E-state index < -0.39 is 17.7 Å². The number of rotatable bonds is 6. The zero-order valence-corrected chi connectivity index (χ0v) is 22.5. The average molecular weight is 562 g/mol. The number of carboxylic acid groups (broad SMARTS) is 1. The quantitative estimate of drug-likeness (QED) is 0.260. The van der Waals surface area contributed by atoms with Crippen molar-refractivity contribution in [2.45, 2.75) is 57.0 Å². The summed E-state index contributed by atoms with van der Waals surface area (Å²) in [5.41, 5.74) is 2.10. The largest absolute Gasteiger partial charge is 0.477 e. The van der Waals surface area contributed by atoms with Crippen molar-refractivity contribution in [3.63, 3.8) is 0 Å². The SMILES string of the molecule is O=C(O)c1cc2ccc(N3CCC4(CC3)CC(Cc3c(-c5ccccc5C(F)(F)F)noc3C3CC3)C4)cc2cn1. The number of carboxylic acids is 1. The van der Waals surface area contributed by atoms with Crippen molar-refractivity contribution in [2.24, 2.45) is 11.3 Å². The van der Waals surface area contributed by atoms with Gasteiger partial charge in [-0.1, -0.05) is 29.4 Å². The van der Waals surface area contributed by atoms with E-state index in [0.717, 1.165) is 85.5 Å². The smallest absolute Gasteiger partial charge is 0.417 e. The van der Waals surface area contributed by atoms with Crippen molar-refractivity contribution < 1.29 is 27.6 Å². The Bertz CT molecular complexity index is 1630. The van der Waals surface area contributed by atoms with Gasteiger partial charge in [-0.2, -0.15) is 13.2 Å². The zero-order chi connectivity index (χ0) is 28.4. The summed E-state index contributed by atoms with van der Waals surface area (Å²) in [6.45, 7) is 1.87. The molecule has 3 fully saturated rings. The molecule has 0 amide bonds. The van der Waals surface area contributed by atoms with E-state index in [1.54, 1.807) is 18.3 Å². The van der Waals surface area contributed by atoms with Gasteiger partial charge in [0.1, 0.15) is 17.1 Å². The number of hydrogen-bond donors (Lipinski definition) is 1. The van der Waals surface area contributed by atoms with E-state index in [4.69, 9.17) is 4.52 Å².